The van der Waals surface area contributed by atoms with Gasteiger partial charge in [0.15, 0.2) is 0 Å². The van der Waals surface area contributed by atoms with Crippen LogP contribution in [0.3, 0.4) is 0 Å². The molecular weight excluding hydrogens is 801 g/mol. The number of aryl methyl sites for hydroxylation is 1. The topological polar surface area (TPSA) is 115 Å². The lowest BCUT2D eigenvalue weighted by atomic mass is 9.74. The highest BCUT2D eigenvalue weighted by Gasteiger charge is 2.32. The van der Waals surface area contributed by atoms with Crippen molar-refractivity contribution in [2.75, 3.05) is 12.3 Å². The molecule has 2 rings (SSSR count). The Morgan fingerprint density at radius 1 is 0.889 bits per heavy atom. The lowest BCUT2D eigenvalue weighted by Gasteiger charge is -2.29. The first-order chi connectivity index (χ1) is 25.7. The van der Waals surface area contributed by atoms with Crippen LogP contribution in [0.25, 0.3) is 0 Å². The van der Waals surface area contributed by atoms with Crippen molar-refractivity contribution >= 4 is 53.2 Å². The van der Waals surface area contributed by atoms with Crippen molar-refractivity contribution < 1.29 is 14.4 Å². The number of hydrogen-bond acceptors (Lipinski definition) is 7. The Labute approximate surface area is 345 Å². The first-order valence-electron chi connectivity index (χ1n) is 20.7. The molecule has 0 fully saturated rings. The fourth-order valence-corrected chi connectivity index (χ4v) is 9.54. The summed E-state index contributed by atoms with van der Waals surface area (Å²) in [7, 11) is 1.70. The van der Waals surface area contributed by atoms with Crippen LogP contribution in [-0.4, -0.2) is 23.9 Å². The van der Waals surface area contributed by atoms with Gasteiger partial charge in [0.25, 0.3) is 0 Å². The molecule has 0 saturated carbocycles. The average molecular weight is 874 g/mol. The van der Waals surface area contributed by atoms with Gasteiger partial charge < -0.3 is 16.8 Å². The highest BCUT2D eigenvalue weighted by Crippen LogP contribution is 2.37. The standard InChI is InChI=1S/C46H72IN3O3S/c1-34(36(3)50-33-38-24-28-39(29-25-38)45(54-47)35(2)48)18-14-17-23-44(53)43(46(4,5)6)32-42(52)22-13-11-9-7-8-10-12-20-41(51)21-16-15-19-37-26-30-40(49)31-27-37/h24-28,30-31,34,39,43,50H,3,7-23,29,32-33,48-49H2,1-2,4-6H3/b45-35-. The quantitative estimate of drug-likeness (QED) is 0.0417. The molecule has 0 spiro atoms. The number of nitrogen functional groups attached to an aromatic ring is 1. The zero-order valence-electron chi connectivity index (χ0n) is 34.3. The lowest BCUT2D eigenvalue weighted by molar-refractivity contribution is -0.131. The van der Waals surface area contributed by atoms with Gasteiger partial charge in [0.05, 0.1) is 0 Å². The molecule has 0 heterocycles. The second kappa shape index (κ2) is 26.5. The number of nitrogens with one attached hydrogen (secondary N) is 1. The van der Waals surface area contributed by atoms with E-state index in [-0.39, 0.29) is 22.9 Å². The smallest absolute Gasteiger partial charge is 0.136 e. The Hall–Kier alpha value is -2.33. The number of benzene rings is 1. The zero-order chi connectivity index (χ0) is 39.9. The molecular formula is C46H72IN3O3S. The van der Waals surface area contributed by atoms with Crippen LogP contribution in [0.1, 0.15) is 156 Å². The SMILES string of the molecule is C=C(NCC1=CCC(/C(SI)=C(\C)N)C=C1)C(C)CCCCC(=O)C(CC(=O)CCCCCCCCCC(=O)CCCCc1ccc(N)cc1)C(C)(C)C. The predicted octanol–water partition coefficient (Wildman–Crippen LogP) is 12.3. The van der Waals surface area contributed by atoms with E-state index < -0.39 is 0 Å². The van der Waals surface area contributed by atoms with Crippen LogP contribution in [0.2, 0.25) is 0 Å². The number of carbonyl (C=O) groups excluding carboxylic acids is 3. The zero-order valence-corrected chi connectivity index (χ0v) is 37.3. The fourth-order valence-electron chi connectivity index (χ4n) is 7.11. The molecule has 1 aromatic rings. The van der Waals surface area contributed by atoms with Crippen LogP contribution in [0, 0.1) is 23.2 Å². The number of Topliss-reactive ketones (excluding diaryl/α,β-unsaturated/α-hetero) is 3. The molecule has 1 aliphatic carbocycles. The third-order valence-electron chi connectivity index (χ3n) is 10.8. The van der Waals surface area contributed by atoms with Crippen LogP contribution in [0.5, 0.6) is 0 Å². The molecule has 0 amide bonds. The summed E-state index contributed by atoms with van der Waals surface area (Å²) >= 11 is 2.31. The van der Waals surface area contributed by atoms with E-state index in [2.05, 4.69) is 91.2 Å². The Morgan fingerprint density at radius 3 is 2.02 bits per heavy atom. The van der Waals surface area contributed by atoms with E-state index in [1.54, 1.807) is 8.93 Å². The van der Waals surface area contributed by atoms with Crippen LogP contribution >= 0.6 is 30.1 Å². The number of halogens is 1. The number of unbranched alkanes of at least 4 members (excludes halogenated alkanes) is 8. The molecule has 1 aromatic carbocycles. The minimum absolute atomic E-state index is 0.222. The van der Waals surface area contributed by atoms with Crippen LogP contribution < -0.4 is 16.8 Å². The minimum Gasteiger partial charge on any atom is -0.402 e. The second-order valence-corrected chi connectivity index (χ2v) is 18.6. The number of nitrogens with two attached hydrogens (primary N) is 2. The summed E-state index contributed by atoms with van der Waals surface area (Å²) in [5.41, 5.74) is 16.8. The van der Waals surface area contributed by atoms with Crippen molar-refractivity contribution in [2.24, 2.45) is 28.9 Å². The number of anilines is 1. The maximum atomic E-state index is 13.3. The molecule has 3 atom stereocenters. The van der Waals surface area contributed by atoms with Gasteiger partial charge in [-0.15, -0.1) is 0 Å². The molecule has 0 radical (unpaired) electrons. The maximum absolute atomic E-state index is 13.3. The number of allylic oxidation sites excluding steroid dienone is 5. The van der Waals surface area contributed by atoms with Gasteiger partial charge in [-0.25, -0.2) is 0 Å². The summed E-state index contributed by atoms with van der Waals surface area (Å²) in [6.07, 6.45) is 23.8. The Kier molecular flexibility index (Phi) is 23.5. The summed E-state index contributed by atoms with van der Waals surface area (Å²) in [6.45, 7) is 15.5. The third kappa shape index (κ3) is 20.0. The van der Waals surface area contributed by atoms with Crippen LogP contribution in [0.15, 0.2) is 70.9 Å². The highest BCUT2D eigenvalue weighted by atomic mass is 127. The summed E-state index contributed by atoms with van der Waals surface area (Å²) in [6, 6.07) is 8.00. The van der Waals surface area contributed by atoms with Gasteiger partial charge in [0.2, 0.25) is 0 Å². The Bertz CT molecular complexity index is 1400. The molecule has 0 saturated heterocycles. The number of carbonyl (C=O) groups is 3. The first-order valence-corrected chi connectivity index (χ1v) is 24.0. The van der Waals surface area contributed by atoms with Gasteiger partial charge in [-0.3, -0.25) is 14.4 Å². The predicted molar refractivity (Wildman–Crippen MR) is 241 cm³/mol. The summed E-state index contributed by atoms with van der Waals surface area (Å²) in [5.74, 6) is 1.30. The Balaban J connectivity index is 1.53. The first kappa shape index (κ1) is 47.8. The monoisotopic (exact) mass is 873 g/mol. The van der Waals surface area contributed by atoms with Gasteiger partial charge >= 0.3 is 0 Å². The normalized spacial score (nSPS) is 16.0. The largest absolute Gasteiger partial charge is 0.402 e. The van der Waals surface area contributed by atoms with E-state index >= 15 is 0 Å². The lowest BCUT2D eigenvalue weighted by Crippen LogP contribution is -2.31. The number of hydrogen-bond donors (Lipinski definition) is 3. The molecule has 5 N–H and O–H groups in total. The van der Waals surface area contributed by atoms with Crippen molar-refractivity contribution in [1.29, 1.82) is 0 Å². The van der Waals surface area contributed by atoms with E-state index in [4.69, 9.17) is 11.5 Å². The summed E-state index contributed by atoms with van der Waals surface area (Å²) < 4.78 is 0. The van der Waals surface area contributed by atoms with Gasteiger partial charge in [-0.2, -0.15) is 0 Å². The van der Waals surface area contributed by atoms with Crippen molar-refractivity contribution in [1.82, 2.24) is 5.32 Å². The average Bonchev–Trinajstić information content (AvgIpc) is 3.13. The van der Waals surface area contributed by atoms with Crippen molar-refractivity contribution in [2.45, 2.75) is 157 Å². The molecule has 3 unspecified atom stereocenters. The molecule has 54 heavy (non-hydrogen) atoms. The van der Waals surface area contributed by atoms with E-state index in [0.29, 0.717) is 49.7 Å². The Morgan fingerprint density at radius 2 is 1.46 bits per heavy atom. The van der Waals surface area contributed by atoms with Crippen LogP contribution in [-0.2, 0) is 20.8 Å². The van der Waals surface area contributed by atoms with Crippen molar-refractivity contribution in [3.63, 3.8) is 0 Å². The molecule has 302 valence electrons. The molecule has 1 aliphatic rings. The molecule has 0 aliphatic heterocycles. The van der Waals surface area contributed by atoms with E-state index in [9.17, 15) is 14.4 Å². The third-order valence-corrected chi connectivity index (χ3v) is 13.1. The molecule has 8 heteroatoms. The maximum Gasteiger partial charge on any atom is 0.136 e. The number of ketones is 3. The van der Waals surface area contributed by atoms with E-state index in [1.807, 2.05) is 19.1 Å². The van der Waals surface area contributed by atoms with Gasteiger partial charge in [-0.1, -0.05) is 112 Å². The fraction of sp³-hybridized carbons (Fsp3) is 0.630. The molecule has 6 nitrogen and oxygen atoms in total. The second-order valence-electron chi connectivity index (χ2n) is 16.7. The highest BCUT2D eigenvalue weighted by molar-refractivity contribution is 14.2. The van der Waals surface area contributed by atoms with Crippen LogP contribution in [0.4, 0.5) is 5.69 Å². The van der Waals surface area contributed by atoms with Gasteiger partial charge in [0, 0.05) is 93.7 Å². The van der Waals surface area contributed by atoms with Gasteiger partial charge in [-0.05, 0) is 92.9 Å². The molecule has 0 aromatic heterocycles. The van der Waals surface area contributed by atoms with E-state index in [0.717, 1.165) is 114 Å². The number of rotatable bonds is 29. The van der Waals surface area contributed by atoms with Gasteiger partial charge in [0.1, 0.15) is 17.3 Å². The minimum atomic E-state index is -0.227. The van der Waals surface area contributed by atoms with E-state index in [1.165, 1.54) is 16.0 Å². The summed E-state index contributed by atoms with van der Waals surface area (Å²) in [5, 5.41) is 3.52. The molecule has 0 bridgehead atoms. The van der Waals surface area contributed by atoms with Crippen molar-refractivity contribution in [3.05, 3.63) is 76.5 Å². The summed E-state index contributed by atoms with van der Waals surface area (Å²) in [4.78, 5) is 39.8. The van der Waals surface area contributed by atoms with Crippen molar-refractivity contribution in [3.8, 4) is 0 Å².